The SMILES string of the molecule is O=C(Cn1cncn1)N1CCC(c2ccc(O)cc2)CC1. The molecule has 0 aliphatic carbocycles. The predicted octanol–water partition coefficient (Wildman–Crippen LogP) is 1.39. The molecule has 2 heterocycles. The van der Waals surface area contributed by atoms with Crippen LogP contribution in [0.2, 0.25) is 0 Å². The normalized spacial score (nSPS) is 16.1. The number of hydrogen-bond acceptors (Lipinski definition) is 4. The van der Waals surface area contributed by atoms with Gasteiger partial charge in [-0.05, 0) is 36.5 Å². The smallest absolute Gasteiger partial charge is 0.244 e. The Kier molecular flexibility index (Phi) is 3.85. The van der Waals surface area contributed by atoms with Crippen LogP contribution in [0.15, 0.2) is 36.9 Å². The molecule has 0 spiro atoms. The van der Waals surface area contributed by atoms with Gasteiger partial charge < -0.3 is 10.0 Å². The van der Waals surface area contributed by atoms with Crippen molar-refractivity contribution in [2.75, 3.05) is 13.1 Å². The van der Waals surface area contributed by atoms with E-state index < -0.39 is 0 Å². The standard InChI is InChI=1S/C15H18N4O2/c20-14-3-1-12(2-4-14)13-5-7-18(8-6-13)15(21)9-19-11-16-10-17-19/h1-4,10-11,13,20H,5-9H2. The summed E-state index contributed by atoms with van der Waals surface area (Å²) in [5, 5.41) is 13.3. The van der Waals surface area contributed by atoms with Gasteiger partial charge in [-0.2, -0.15) is 5.10 Å². The van der Waals surface area contributed by atoms with Crippen molar-refractivity contribution in [1.82, 2.24) is 19.7 Å². The number of aromatic hydroxyl groups is 1. The minimum absolute atomic E-state index is 0.0876. The van der Waals surface area contributed by atoms with Gasteiger partial charge in [0.05, 0.1) is 0 Å². The quantitative estimate of drug-likeness (QED) is 0.925. The van der Waals surface area contributed by atoms with Crippen LogP contribution in [0.3, 0.4) is 0 Å². The molecule has 110 valence electrons. The topological polar surface area (TPSA) is 71.2 Å². The Bertz CT molecular complexity index is 587. The number of hydrogen-bond donors (Lipinski definition) is 1. The molecule has 21 heavy (non-hydrogen) atoms. The lowest BCUT2D eigenvalue weighted by Gasteiger charge is -2.32. The fraction of sp³-hybridized carbons (Fsp3) is 0.400. The first kappa shape index (κ1) is 13.6. The molecule has 0 atom stereocenters. The number of carbonyl (C=O) groups is 1. The molecular weight excluding hydrogens is 268 g/mol. The van der Waals surface area contributed by atoms with Crippen LogP contribution in [0.1, 0.15) is 24.3 Å². The summed E-state index contributed by atoms with van der Waals surface area (Å²) in [4.78, 5) is 17.9. The molecule has 0 unspecified atom stereocenters. The second kappa shape index (κ2) is 5.95. The van der Waals surface area contributed by atoms with Crippen LogP contribution in [0.4, 0.5) is 0 Å². The number of aromatic nitrogens is 3. The summed E-state index contributed by atoms with van der Waals surface area (Å²) in [6.45, 7) is 1.78. The fourth-order valence-corrected chi connectivity index (χ4v) is 2.76. The number of carbonyl (C=O) groups excluding carboxylic acids is 1. The van der Waals surface area contributed by atoms with E-state index in [-0.39, 0.29) is 12.5 Å². The highest BCUT2D eigenvalue weighted by Crippen LogP contribution is 2.29. The molecule has 6 heteroatoms. The van der Waals surface area contributed by atoms with Crippen LogP contribution >= 0.6 is 0 Å². The van der Waals surface area contributed by atoms with Crippen LogP contribution in [-0.2, 0) is 11.3 Å². The van der Waals surface area contributed by atoms with Gasteiger partial charge in [-0.1, -0.05) is 12.1 Å². The lowest BCUT2D eigenvalue weighted by atomic mass is 9.89. The highest BCUT2D eigenvalue weighted by molar-refractivity contribution is 5.76. The monoisotopic (exact) mass is 286 g/mol. The van der Waals surface area contributed by atoms with Gasteiger partial charge in [-0.3, -0.25) is 4.79 Å². The summed E-state index contributed by atoms with van der Waals surface area (Å²) < 4.78 is 1.55. The second-order valence-corrected chi connectivity index (χ2v) is 5.34. The van der Waals surface area contributed by atoms with E-state index in [1.807, 2.05) is 17.0 Å². The van der Waals surface area contributed by atoms with Crippen molar-refractivity contribution in [2.24, 2.45) is 0 Å². The van der Waals surface area contributed by atoms with Crippen LogP contribution in [0.5, 0.6) is 5.75 Å². The molecule has 1 aromatic carbocycles. The van der Waals surface area contributed by atoms with E-state index in [2.05, 4.69) is 10.1 Å². The molecular formula is C15H18N4O2. The van der Waals surface area contributed by atoms with Crippen LogP contribution in [0, 0.1) is 0 Å². The average Bonchev–Trinajstić information content (AvgIpc) is 3.01. The first-order chi connectivity index (χ1) is 10.2. The molecule has 0 saturated carbocycles. The molecule has 2 aromatic rings. The summed E-state index contributed by atoms with van der Waals surface area (Å²) in [7, 11) is 0. The van der Waals surface area contributed by atoms with E-state index in [0.29, 0.717) is 11.7 Å². The number of phenols is 1. The molecule has 3 rings (SSSR count). The summed E-state index contributed by atoms with van der Waals surface area (Å²) >= 11 is 0. The van der Waals surface area contributed by atoms with Crippen molar-refractivity contribution >= 4 is 5.91 Å². The molecule has 6 nitrogen and oxygen atoms in total. The Morgan fingerprint density at radius 2 is 1.95 bits per heavy atom. The maximum atomic E-state index is 12.2. The van der Waals surface area contributed by atoms with Crippen molar-refractivity contribution in [3.05, 3.63) is 42.5 Å². The van der Waals surface area contributed by atoms with E-state index in [1.165, 1.54) is 11.9 Å². The zero-order chi connectivity index (χ0) is 14.7. The molecule has 1 amide bonds. The van der Waals surface area contributed by atoms with E-state index in [0.717, 1.165) is 25.9 Å². The minimum atomic E-state index is 0.0876. The largest absolute Gasteiger partial charge is 0.508 e. The van der Waals surface area contributed by atoms with Crippen molar-refractivity contribution in [1.29, 1.82) is 0 Å². The Morgan fingerprint density at radius 3 is 2.57 bits per heavy atom. The number of amides is 1. The third-order valence-corrected chi connectivity index (χ3v) is 3.98. The van der Waals surface area contributed by atoms with Crippen molar-refractivity contribution in [3.8, 4) is 5.75 Å². The van der Waals surface area contributed by atoms with Gasteiger partial charge in [0.25, 0.3) is 0 Å². The molecule has 0 bridgehead atoms. The maximum Gasteiger partial charge on any atom is 0.244 e. The third-order valence-electron chi connectivity index (χ3n) is 3.98. The van der Waals surface area contributed by atoms with Gasteiger partial charge in [0.2, 0.25) is 5.91 Å². The predicted molar refractivity (Wildman–Crippen MR) is 76.7 cm³/mol. The zero-order valence-electron chi connectivity index (χ0n) is 11.7. The lowest BCUT2D eigenvalue weighted by molar-refractivity contribution is -0.133. The Hall–Kier alpha value is -2.37. The molecule has 1 aromatic heterocycles. The van der Waals surface area contributed by atoms with Crippen molar-refractivity contribution < 1.29 is 9.90 Å². The molecule has 1 aliphatic rings. The van der Waals surface area contributed by atoms with Crippen LogP contribution in [0.25, 0.3) is 0 Å². The van der Waals surface area contributed by atoms with Gasteiger partial charge in [0.1, 0.15) is 24.9 Å². The first-order valence-corrected chi connectivity index (χ1v) is 7.11. The molecule has 1 aliphatic heterocycles. The van der Waals surface area contributed by atoms with Crippen molar-refractivity contribution in [3.63, 3.8) is 0 Å². The third kappa shape index (κ3) is 3.21. The van der Waals surface area contributed by atoms with Crippen LogP contribution in [-0.4, -0.2) is 43.8 Å². The molecule has 1 fully saturated rings. The maximum absolute atomic E-state index is 12.2. The van der Waals surface area contributed by atoms with Gasteiger partial charge in [-0.25, -0.2) is 9.67 Å². The minimum Gasteiger partial charge on any atom is -0.508 e. The summed E-state index contributed by atoms with van der Waals surface area (Å²) in [5.41, 5.74) is 1.23. The highest BCUT2D eigenvalue weighted by atomic mass is 16.3. The Balaban J connectivity index is 1.55. The Labute approximate surface area is 123 Å². The number of nitrogens with zero attached hydrogens (tertiary/aromatic N) is 4. The first-order valence-electron chi connectivity index (χ1n) is 7.11. The van der Waals surface area contributed by atoms with E-state index in [4.69, 9.17) is 0 Å². The van der Waals surface area contributed by atoms with E-state index >= 15 is 0 Å². The van der Waals surface area contributed by atoms with Gasteiger partial charge >= 0.3 is 0 Å². The summed E-state index contributed by atoms with van der Waals surface area (Å²) in [6.07, 6.45) is 4.90. The second-order valence-electron chi connectivity index (χ2n) is 5.34. The molecule has 1 N–H and O–H groups in total. The number of rotatable bonds is 3. The number of piperidine rings is 1. The van der Waals surface area contributed by atoms with E-state index in [1.54, 1.807) is 23.1 Å². The summed E-state index contributed by atoms with van der Waals surface area (Å²) in [6, 6.07) is 7.37. The number of phenolic OH excluding ortho intramolecular Hbond substituents is 1. The molecule has 0 radical (unpaired) electrons. The number of benzene rings is 1. The van der Waals surface area contributed by atoms with Crippen LogP contribution < -0.4 is 0 Å². The van der Waals surface area contributed by atoms with Gasteiger partial charge in [0, 0.05) is 13.1 Å². The Morgan fingerprint density at radius 1 is 1.24 bits per heavy atom. The van der Waals surface area contributed by atoms with Gasteiger partial charge in [0.15, 0.2) is 0 Å². The zero-order valence-corrected chi connectivity index (χ0v) is 11.7. The van der Waals surface area contributed by atoms with E-state index in [9.17, 15) is 9.90 Å². The fourth-order valence-electron chi connectivity index (χ4n) is 2.76. The average molecular weight is 286 g/mol. The highest BCUT2D eigenvalue weighted by Gasteiger charge is 2.23. The van der Waals surface area contributed by atoms with Crippen molar-refractivity contribution in [2.45, 2.75) is 25.3 Å². The van der Waals surface area contributed by atoms with Gasteiger partial charge in [-0.15, -0.1) is 0 Å². The number of likely N-dealkylation sites (tertiary alicyclic amines) is 1. The molecule has 1 saturated heterocycles. The summed E-state index contributed by atoms with van der Waals surface area (Å²) in [5.74, 6) is 0.838. The lowest BCUT2D eigenvalue weighted by Crippen LogP contribution is -2.39.